The van der Waals surface area contributed by atoms with Crippen LogP contribution >= 0.6 is 15.9 Å². The Morgan fingerprint density at radius 2 is 2.06 bits per heavy atom. The summed E-state index contributed by atoms with van der Waals surface area (Å²) in [7, 11) is 0. The molecule has 1 aromatic rings. The number of nitrogens with one attached hydrogen (secondary N) is 1. The van der Waals surface area contributed by atoms with Crippen molar-refractivity contribution in [1.29, 1.82) is 0 Å². The van der Waals surface area contributed by atoms with Gasteiger partial charge in [-0.25, -0.2) is 0 Å². The third-order valence-corrected chi connectivity index (χ3v) is 4.36. The van der Waals surface area contributed by atoms with Crippen LogP contribution in [0.15, 0.2) is 22.7 Å². The van der Waals surface area contributed by atoms with Crippen LogP contribution in [-0.4, -0.2) is 18.6 Å². The van der Waals surface area contributed by atoms with E-state index in [1.54, 1.807) is 0 Å². The predicted octanol–water partition coefficient (Wildman–Crippen LogP) is 3.12. The van der Waals surface area contributed by atoms with E-state index in [1.165, 1.54) is 11.1 Å². The van der Waals surface area contributed by atoms with Crippen molar-refractivity contribution in [2.75, 3.05) is 13.1 Å². The Hall–Kier alpha value is -0.380. The zero-order chi connectivity index (χ0) is 13.4. The number of rotatable bonds is 5. The number of aryl methyl sites for hydroxylation is 1. The van der Waals surface area contributed by atoms with Crippen LogP contribution in [0.2, 0.25) is 0 Å². The first-order valence-corrected chi connectivity index (χ1v) is 7.38. The summed E-state index contributed by atoms with van der Waals surface area (Å²) in [5, 5.41) is 3.53. The number of halogens is 1. The van der Waals surface area contributed by atoms with Crippen LogP contribution in [-0.2, 0) is 5.41 Å². The Morgan fingerprint density at radius 1 is 1.39 bits per heavy atom. The maximum Gasteiger partial charge on any atom is 0.0282 e. The van der Waals surface area contributed by atoms with E-state index in [0.717, 1.165) is 30.4 Å². The van der Waals surface area contributed by atoms with Gasteiger partial charge in [-0.1, -0.05) is 35.8 Å². The molecule has 1 saturated carbocycles. The highest BCUT2D eigenvalue weighted by Crippen LogP contribution is 2.32. The van der Waals surface area contributed by atoms with Crippen LogP contribution < -0.4 is 11.1 Å². The molecular weight excluding hydrogens is 288 g/mol. The topological polar surface area (TPSA) is 38.0 Å². The van der Waals surface area contributed by atoms with Gasteiger partial charge in [0.05, 0.1) is 0 Å². The Bertz CT molecular complexity index is 436. The Labute approximate surface area is 118 Å². The molecule has 0 spiro atoms. The zero-order valence-electron chi connectivity index (χ0n) is 11.5. The van der Waals surface area contributed by atoms with Crippen molar-refractivity contribution in [3.63, 3.8) is 0 Å². The lowest BCUT2D eigenvalue weighted by Crippen LogP contribution is -2.41. The van der Waals surface area contributed by atoms with Crippen molar-refractivity contribution in [2.45, 2.75) is 44.6 Å². The third kappa shape index (κ3) is 3.34. The van der Waals surface area contributed by atoms with Crippen molar-refractivity contribution in [3.05, 3.63) is 33.8 Å². The summed E-state index contributed by atoms with van der Waals surface area (Å²) >= 11 is 3.56. The van der Waals surface area contributed by atoms with Crippen molar-refractivity contribution in [2.24, 2.45) is 5.73 Å². The molecule has 0 amide bonds. The van der Waals surface area contributed by atoms with Gasteiger partial charge in [0.25, 0.3) is 0 Å². The summed E-state index contributed by atoms with van der Waals surface area (Å²) in [5.41, 5.74) is 9.05. The van der Waals surface area contributed by atoms with Crippen LogP contribution in [0.25, 0.3) is 0 Å². The minimum Gasteiger partial charge on any atom is -0.324 e. The van der Waals surface area contributed by atoms with E-state index in [1.807, 2.05) is 0 Å². The fourth-order valence-corrected chi connectivity index (χ4v) is 2.74. The summed E-state index contributed by atoms with van der Waals surface area (Å²) in [6.45, 7) is 8.64. The highest BCUT2D eigenvalue weighted by Gasteiger charge is 2.38. The summed E-state index contributed by atoms with van der Waals surface area (Å²) in [4.78, 5) is 0. The van der Waals surface area contributed by atoms with Crippen LogP contribution in [0, 0.1) is 6.92 Å². The van der Waals surface area contributed by atoms with Gasteiger partial charge in [-0.05, 0) is 43.0 Å². The van der Waals surface area contributed by atoms with E-state index in [4.69, 9.17) is 5.73 Å². The molecule has 2 nitrogen and oxygen atoms in total. The predicted molar refractivity (Wildman–Crippen MR) is 80.9 cm³/mol. The summed E-state index contributed by atoms with van der Waals surface area (Å²) < 4.78 is 1.15. The zero-order valence-corrected chi connectivity index (χ0v) is 13.1. The average molecular weight is 311 g/mol. The van der Waals surface area contributed by atoms with Gasteiger partial charge >= 0.3 is 0 Å². The Kier molecular flexibility index (Phi) is 3.86. The van der Waals surface area contributed by atoms with E-state index in [0.29, 0.717) is 0 Å². The Balaban J connectivity index is 2.02. The lowest BCUT2D eigenvalue weighted by Gasteiger charge is -2.28. The molecule has 100 valence electrons. The molecule has 0 aromatic heterocycles. The van der Waals surface area contributed by atoms with Gasteiger partial charge in [-0.15, -0.1) is 0 Å². The SMILES string of the molecule is Cc1ccc(Br)cc1C(C)(C)CNCC1(N)CC1. The van der Waals surface area contributed by atoms with Gasteiger partial charge in [-0.3, -0.25) is 0 Å². The minimum absolute atomic E-state index is 0.0857. The molecule has 0 heterocycles. The van der Waals surface area contributed by atoms with E-state index in [9.17, 15) is 0 Å². The maximum atomic E-state index is 6.10. The Morgan fingerprint density at radius 3 is 2.67 bits per heavy atom. The summed E-state index contributed by atoms with van der Waals surface area (Å²) in [6, 6.07) is 6.50. The van der Waals surface area contributed by atoms with Crippen molar-refractivity contribution < 1.29 is 0 Å². The fraction of sp³-hybridized carbons (Fsp3) is 0.600. The van der Waals surface area contributed by atoms with Gasteiger partial charge in [0.15, 0.2) is 0 Å². The lowest BCUT2D eigenvalue weighted by molar-refractivity contribution is 0.446. The molecule has 1 fully saturated rings. The number of benzene rings is 1. The monoisotopic (exact) mass is 310 g/mol. The molecule has 0 saturated heterocycles. The maximum absolute atomic E-state index is 6.10. The standard InChI is InChI=1S/C15H23BrN2/c1-11-4-5-12(16)8-13(11)14(2,3)9-18-10-15(17)6-7-15/h4-5,8,18H,6-7,9-10,17H2,1-3H3. The first kappa shape index (κ1) is 14.0. The van der Waals surface area contributed by atoms with Crippen molar-refractivity contribution in [1.82, 2.24) is 5.32 Å². The highest BCUT2D eigenvalue weighted by molar-refractivity contribution is 9.10. The van der Waals surface area contributed by atoms with E-state index in [-0.39, 0.29) is 11.0 Å². The molecule has 1 aliphatic carbocycles. The van der Waals surface area contributed by atoms with Crippen molar-refractivity contribution in [3.8, 4) is 0 Å². The lowest BCUT2D eigenvalue weighted by atomic mass is 9.82. The fourth-order valence-electron chi connectivity index (χ4n) is 2.38. The summed E-state index contributed by atoms with van der Waals surface area (Å²) in [5.74, 6) is 0. The smallest absolute Gasteiger partial charge is 0.0282 e. The molecule has 3 N–H and O–H groups in total. The molecule has 1 aliphatic rings. The number of hydrogen-bond acceptors (Lipinski definition) is 2. The second kappa shape index (κ2) is 4.95. The van der Waals surface area contributed by atoms with Gasteiger partial charge in [0.2, 0.25) is 0 Å². The van der Waals surface area contributed by atoms with Crippen molar-refractivity contribution >= 4 is 15.9 Å². The molecule has 0 radical (unpaired) electrons. The molecule has 0 atom stereocenters. The molecule has 1 aromatic carbocycles. The van der Waals surface area contributed by atoms with Crippen LogP contribution in [0.5, 0.6) is 0 Å². The van der Waals surface area contributed by atoms with Gasteiger partial charge in [-0.2, -0.15) is 0 Å². The molecule has 18 heavy (non-hydrogen) atoms. The average Bonchev–Trinajstić information content (AvgIpc) is 3.00. The van der Waals surface area contributed by atoms with Gasteiger partial charge < -0.3 is 11.1 Å². The van der Waals surface area contributed by atoms with E-state index in [2.05, 4.69) is 60.2 Å². The quantitative estimate of drug-likeness (QED) is 0.877. The molecule has 0 aliphatic heterocycles. The number of nitrogens with two attached hydrogens (primary N) is 1. The molecule has 2 rings (SSSR count). The second-order valence-corrected chi connectivity index (χ2v) is 7.22. The van der Waals surface area contributed by atoms with Gasteiger partial charge in [0, 0.05) is 28.5 Å². The highest BCUT2D eigenvalue weighted by atomic mass is 79.9. The number of hydrogen-bond donors (Lipinski definition) is 2. The first-order valence-electron chi connectivity index (χ1n) is 6.59. The summed E-state index contributed by atoms with van der Waals surface area (Å²) in [6.07, 6.45) is 2.33. The van der Waals surface area contributed by atoms with Crippen LogP contribution in [0.4, 0.5) is 0 Å². The molecular formula is C15H23BrN2. The second-order valence-electron chi connectivity index (χ2n) is 6.31. The van der Waals surface area contributed by atoms with E-state index < -0.39 is 0 Å². The normalized spacial score (nSPS) is 17.8. The largest absolute Gasteiger partial charge is 0.324 e. The van der Waals surface area contributed by atoms with E-state index >= 15 is 0 Å². The third-order valence-electron chi connectivity index (χ3n) is 3.86. The minimum atomic E-state index is 0.0857. The van der Waals surface area contributed by atoms with Crippen LogP contribution in [0.3, 0.4) is 0 Å². The van der Waals surface area contributed by atoms with Gasteiger partial charge in [0.1, 0.15) is 0 Å². The molecule has 3 heteroatoms. The molecule has 0 unspecified atom stereocenters. The first-order chi connectivity index (χ1) is 8.32. The van der Waals surface area contributed by atoms with Crippen LogP contribution in [0.1, 0.15) is 37.8 Å². The molecule has 0 bridgehead atoms.